The normalized spacial score (nSPS) is 13.7. The summed E-state index contributed by atoms with van der Waals surface area (Å²) in [7, 11) is -8.18. The van der Waals surface area contributed by atoms with E-state index in [9.17, 15) is 16.8 Å². The van der Waals surface area contributed by atoms with E-state index >= 15 is 0 Å². The third-order valence-corrected chi connectivity index (χ3v) is 10.7. The Balaban J connectivity index is 1.48. The molecule has 1 aliphatic rings. The maximum Gasteiger partial charge on any atom is 0.272 e. The largest absolute Gasteiger partial charge is 0.284 e. The number of halogens is 1. The molecule has 10 heteroatoms. The van der Waals surface area contributed by atoms with Crippen LogP contribution in [0, 0.1) is 0 Å². The van der Waals surface area contributed by atoms with Gasteiger partial charge in [0.25, 0.3) is 10.0 Å². The van der Waals surface area contributed by atoms with Crippen molar-refractivity contribution >= 4 is 54.2 Å². The fraction of sp³-hybridized carbons (Fsp3) is 0.0800. The van der Waals surface area contributed by atoms with Crippen LogP contribution >= 0.6 is 22.9 Å². The molecule has 0 atom stereocenters. The van der Waals surface area contributed by atoms with E-state index in [1.54, 1.807) is 42.5 Å². The fourth-order valence-electron chi connectivity index (χ4n) is 3.96. The van der Waals surface area contributed by atoms with Gasteiger partial charge < -0.3 is 0 Å². The smallest absolute Gasteiger partial charge is 0.272 e. The molecule has 0 saturated heterocycles. The van der Waals surface area contributed by atoms with Crippen molar-refractivity contribution in [2.45, 2.75) is 20.4 Å². The van der Waals surface area contributed by atoms with Crippen LogP contribution in [0.1, 0.15) is 16.7 Å². The quantitative estimate of drug-likeness (QED) is 0.351. The molecule has 3 aromatic carbocycles. The van der Waals surface area contributed by atoms with Crippen molar-refractivity contribution in [3.05, 3.63) is 106 Å². The molecule has 1 N–H and O–H groups in total. The first-order valence-electron chi connectivity index (χ1n) is 10.6. The standard InChI is InChI=1S/C25H19ClN2O4S3/c26-19-9-10-22-17(15-19)11-13-27-24(22)18-5-4-6-20(16-18)28-35(31,32)25-23(12-14-33-25)34(29,30)21-7-2-1-3-8-21/h1-10,12,14-16,28H,11,13H2. The second-order valence-corrected chi connectivity index (χ2v) is 13.0. The molecule has 0 aliphatic carbocycles. The molecule has 1 aliphatic heterocycles. The highest BCUT2D eigenvalue weighted by molar-refractivity contribution is 7.96. The van der Waals surface area contributed by atoms with Gasteiger partial charge in [0, 0.05) is 28.4 Å². The van der Waals surface area contributed by atoms with Gasteiger partial charge in [0.15, 0.2) is 4.21 Å². The zero-order chi connectivity index (χ0) is 24.6. The van der Waals surface area contributed by atoms with Crippen molar-refractivity contribution in [1.29, 1.82) is 0 Å². The summed E-state index contributed by atoms with van der Waals surface area (Å²) >= 11 is 7.00. The minimum Gasteiger partial charge on any atom is -0.284 e. The predicted molar refractivity (Wildman–Crippen MR) is 139 cm³/mol. The third kappa shape index (κ3) is 4.64. The summed E-state index contributed by atoms with van der Waals surface area (Å²) in [5.41, 5.74) is 3.85. The van der Waals surface area contributed by atoms with Crippen molar-refractivity contribution < 1.29 is 16.8 Å². The van der Waals surface area contributed by atoms with Crippen molar-refractivity contribution in [2.24, 2.45) is 4.99 Å². The maximum absolute atomic E-state index is 13.3. The van der Waals surface area contributed by atoms with Crippen LogP contribution in [0.2, 0.25) is 5.02 Å². The maximum atomic E-state index is 13.3. The van der Waals surface area contributed by atoms with Gasteiger partial charge >= 0.3 is 0 Å². The van der Waals surface area contributed by atoms with Gasteiger partial charge in [-0.15, -0.1) is 11.3 Å². The number of aliphatic imine (C=N–C) groups is 1. The van der Waals surface area contributed by atoms with E-state index < -0.39 is 19.9 Å². The number of fused-ring (bicyclic) bond motifs is 1. The zero-order valence-corrected chi connectivity index (χ0v) is 21.4. The first-order chi connectivity index (χ1) is 16.8. The Labute approximate surface area is 212 Å². The van der Waals surface area contributed by atoms with Gasteiger partial charge in [-0.2, -0.15) is 0 Å². The molecule has 2 heterocycles. The number of nitrogens with zero attached hydrogens (tertiary/aromatic N) is 1. The number of sulfone groups is 1. The molecule has 0 saturated carbocycles. The Bertz CT molecular complexity index is 1660. The van der Waals surface area contributed by atoms with E-state index in [1.807, 2.05) is 18.2 Å². The molecule has 0 spiro atoms. The Morgan fingerprint density at radius 2 is 1.69 bits per heavy atom. The molecular weight excluding hydrogens is 524 g/mol. The van der Waals surface area contributed by atoms with Gasteiger partial charge in [0.05, 0.1) is 10.6 Å². The van der Waals surface area contributed by atoms with Crippen molar-refractivity contribution in [3.8, 4) is 0 Å². The van der Waals surface area contributed by atoms with Gasteiger partial charge in [-0.1, -0.05) is 48.0 Å². The lowest BCUT2D eigenvalue weighted by Crippen LogP contribution is -2.17. The molecule has 1 aromatic heterocycles. The van der Waals surface area contributed by atoms with Crippen LogP contribution in [0.15, 0.2) is 103 Å². The third-order valence-electron chi connectivity index (χ3n) is 5.54. The monoisotopic (exact) mass is 542 g/mol. The lowest BCUT2D eigenvalue weighted by Gasteiger charge is -2.18. The molecule has 0 fully saturated rings. The van der Waals surface area contributed by atoms with Gasteiger partial charge in [0.2, 0.25) is 9.84 Å². The van der Waals surface area contributed by atoms with Crippen LogP contribution in [-0.4, -0.2) is 29.1 Å². The molecule has 0 radical (unpaired) electrons. The molecular formula is C25H19ClN2O4S3. The Hall–Kier alpha value is -2.98. The van der Waals surface area contributed by atoms with Crippen LogP contribution < -0.4 is 4.72 Å². The first kappa shape index (κ1) is 23.7. The van der Waals surface area contributed by atoms with Gasteiger partial charge in [-0.05, 0) is 59.8 Å². The van der Waals surface area contributed by atoms with Crippen LogP contribution in [0.3, 0.4) is 0 Å². The number of rotatable bonds is 6. The van der Waals surface area contributed by atoms with Crippen molar-refractivity contribution in [2.75, 3.05) is 11.3 Å². The van der Waals surface area contributed by atoms with E-state index in [0.717, 1.165) is 40.2 Å². The van der Waals surface area contributed by atoms with Crippen LogP contribution in [-0.2, 0) is 26.3 Å². The molecule has 5 rings (SSSR count). The number of nitrogens with one attached hydrogen (secondary N) is 1. The molecule has 4 aromatic rings. The lowest BCUT2D eigenvalue weighted by molar-refractivity contribution is 0.587. The van der Waals surface area contributed by atoms with E-state index in [2.05, 4.69) is 9.71 Å². The molecule has 0 bridgehead atoms. The number of anilines is 1. The minimum atomic E-state index is -4.17. The van der Waals surface area contributed by atoms with Crippen LogP contribution in [0.4, 0.5) is 5.69 Å². The van der Waals surface area contributed by atoms with E-state index in [0.29, 0.717) is 17.3 Å². The summed E-state index contributed by atoms with van der Waals surface area (Å²) in [6.45, 7) is 0.606. The van der Waals surface area contributed by atoms with Crippen LogP contribution in [0.25, 0.3) is 0 Å². The van der Waals surface area contributed by atoms with Crippen LogP contribution in [0.5, 0.6) is 0 Å². The summed E-state index contributed by atoms with van der Waals surface area (Å²) in [5, 5.41) is 2.11. The molecule has 0 unspecified atom stereocenters. The van der Waals surface area contributed by atoms with E-state index in [-0.39, 0.29) is 14.0 Å². The number of hydrogen-bond donors (Lipinski definition) is 1. The second-order valence-electron chi connectivity index (χ2n) is 7.86. The lowest BCUT2D eigenvalue weighted by atomic mass is 9.93. The Kier molecular flexibility index (Phi) is 6.27. The fourth-order valence-corrected chi connectivity index (χ4v) is 8.78. The second kappa shape index (κ2) is 9.23. The summed E-state index contributed by atoms with van der Waals surface area (Å²) in [6.07, 6.45) is 0.781. The Morgan fingerprint density at radius 1 is 0.886 bits per heavy atom. The zero-order valence-electron chi connectivity index (χ0n) is 18.2. The number of benzene rings is 3. The predicted octanol–water partition coefficient (Wildman–Crippen LogP) is 5.43. The summed E-state index contributed by atoms with van der Waals surface area (Å²) in [5.74, 6) is 0. The van der Waals surface area contributed by atoms with Gasteiger partial charge in [0.1, 0.15) is 4.90 Å². The SMILES string of the molecule is O=S(=O)(Nc1cccc(C2=NCCc3cc(Cl)ccc32)c1)c1sccc1S(=O)(=O)c1ccccc1. The highest BCUT2D eigenvalue weighted by atomic mass is 35.5. The van der Waals surface area contributed by atoms with E-state index in [1.165, 1.54) is 23.6 Å². The minimum absolute atomic E-state index is 0.0333. The van der Waals surface area contributed by atoms with Gasteiger partial charge in [-0.25, -0.2) is 16.8 Å². The van der Waals surface area contributed by atoms with Gasteiger partial charge in [-0.3, -0.25) is 9.71 Å². The Morgan fingerprint density at radius 3 is 2.49 bits per heavy atom. The summed E-state index contributed by atoms with van der Waals surface area (Å²) < 4.78 is 55.0. The molecule has 35 heavy (non-hydrogen) atoms. The summed E-state index contributed by atoms with van der Waals surface area (Å²) in [6, 6.07) is 21.6. The average molecular weight is 543 g/mol. The van der Waals surface area contributed by atoms with E-state index in [4.69, 9.17) is 11.6 Å². The molecule has 0 amide bonds. The molecule has 178 valence electrons. The number of thiophene rings is 1. The average Bonchev–Trinajstić information content (AvgIpc) is 3.36. The number of sulfonamides is 1. The first-order valence-corrected chi connectivity index (χ1v) is 14.8. The number of hydrogen-bond acceptors (Lipinski definition) is 6. The molecule has 6 nitrogen and oxygen atoms in total. The highest BCUT2D eigenvalue weighted by Crippen LogP contribution is 2.33. The summed E-state index contributed by atoms with van der Waals surface area (Å²) in [4.78, 5) is 4.44. The highest BCUT2D eigenvalue weighted by Gasteiger charge is 2.29. The van der Waals surface area contributed by atoms with Crippen molar-refractivity contribution in [3.63, 3.8) is 0 Å². The van der Waals surface area contributed by atoms with Crippen molar-refractivity contribution in [1.82, 2.24) is 0 Å². The topological polar surface area (TPSA) is 92.7 Å².